The number of likely N-dealkylation sites (tertiary alicyclic amines) is 1. The quantitative estimate of drug-likeness (QED) is 0.670. The lowest BCUT2D eigenvalue weighted by molar-refractivity contribution is -0.145. The van der Waals surface area contributed by atoms with E-state index in [9.17, 15) is 19.1 Å². The maximum absolute atomic E-state index is 13.9. The van der Waals surface area contributed by atoms with Gasteiger partial charge in [-0.3, -0.25) is 4.90 Å². The molecule has 0 aliphatic carbocycles. The highest BCUT2D eigenvalue weighted by atomic mass is 19.1. The molecule has 2 aliphatic rings. The van der Waals surface area contributed by atoms with Crippen molar-refractivity contribution in [3.63, 3.8) is 0 Å². The smallest absolute Gasteiger partial charge is 0.411 e. The summed E-state index contributed by atoms with van der Waals surface area (Å²) >= 11 is 0. The molecule has 3 atom stereocenters. The highest BCUT2D eigenvalue weighted by Crippen LogP contribution is 2.48. The number of ether oxygens (including phenoxy) is 3. The Morgan fingerprint density at radius 1 is 1.31 bits per heavy atom. The molecule has 9 heteroatoms. The normalized spacial score (nSPS) is 24.9. The van der Waals surface area contributed by atoms with Gasteiger partial charge in [-0.1, -0.05) is 0 Å². The number of benzene rings is 1. The first kappa shape index (κ1) is 22.3. The average Bonchev–Trinajstić information content (AvgIpc) is 3.05. The van der Waals surface area contributed by atoms with Crippen molar-refractivity contribution in [1.82, 2.24) is 9.88 Å². The summed E-state index contributed by atoms with van der Waals surface area (Å²) in [5.74, 6) is -0.691. The summed E-state index contributed by atoms with van der Waals surface area (Å²) in [5, 5.41) is 11.6. The van der Waals surface area contributed by atoms with Gasteiger partial charge in [-0.25, -0.2) is 19.0 Å². The number of carbonyl (C=O) groups excluding carboxylic acids is 2. The van der Waals surface area contributed by atoms with E-state index in [0.29, 0.717) is 27.9 Å². The SMILES string of the molecule is COC(=O)[C@@H]1C[C@]2(CC(O)c3c(c(C)nc4ccc(F)cc34)O2)CN1C(=O)OC(C)(C)C. The fraction of sp³-hybridized carbons (Fsp3) is 0.522. The number of amides is 1. The summed E-state index contributed by atoms with van der Waals surface area (Å²) in [6.45, 7) is 6.98. The second kappa shape index (κ2) is 7.58. The number of aryl methyl sites for hydroxylation is 1. The number of rotatable bonds is 1. The van der Waals surface area contributed by atoms with E-state index in [0.717, 1.165) is 0 Å². The Labute approximate surface area is 185 Å². The Kier molecular flexibility index (Phi) is 5.27. The van der Waals surface area contributed by atoms with Crippen LogP contribution in [0.1, 0.15) is 51.0 Å². The van der Waals surface area contributed by atoms with E-state index in [4.69, 9.17) is 14.2 Å². The number of halogens is 1. The van der Waals surface area contributed by atoms with Gasteiger partial charge in [0.15, 0.2) is 0 Å². The van der Waals surface area contributed by atoms with Crippen molar-refractivity contribution >= 4 is 23.0 Å². The van der Waals surface area contributed by atoms with Gasteiger partial charge in [0.1, 0.15) is 28.8 Å². The van der Waals surface area contributed by atoms with Gasteiger partial charge in [-0.05, 0) is 45.9 Å². The largest absolute Gasteiger partial charge is 0.483 e. The molecular weight excluding hydrogens is 419 g/mol. The Morgan fingerprint density at radius 2 is 2.03 bits per heavy atom. The van der Waals surface area contributed by atoms with Crippen molar-refractivity contribution in [2.24, 2.45) is 0 Å². The zero-order chi connectivity index (χ0) is 23.4. The minimum absolute atomic E-state index is 0.0266. The number of aliphatic hydroxyl groups excluding tert-OH is 1. The summed E-state index contributed by atoms with van der Waals surface area (Å²) < 4.78 is 30.7. The van der Waals surface area contributed by atoms with Gasteiger partial charge in [0.05, 0.1) is 31.0 Å². The molecule has 3 heterocycles. The first-order valence-corrected chi connectivity index (χ1v) is 10.5. The third kappa shape index (κ3) is 3.85. The van der Waals surface area contributed by atoms with Crippen LogP contribution in [0, 0.1) is 12.7 Å². The predicted octanol–water partition coefficient (Wildman–Crippen LogP) is 3.42. The number of methoxy groups -OCH3 is 1. The third-order valence-electron chi connectivity index (χ3n) is 5.83. The zero-order valence-electron chi connectivity index (χ0n) is 18.8. The zero-order valence-corrected chi connectivity index (χ0v) is 18.8. The summed E-state index contributed by atoms with van der Waals surface area (Å²) in [6.07, 6.45) is -1.43. The molecule has 1 spiro atoms. The summed E-state index contributed by atoms with van der Waals surface area (Å²) in [7, 11) is 1.25. The van der Waals surface area contributed by atoms with Crippen molar-refractivity contribution in [3.8, 4) is 5.75 Å². The predicted molar refractivity (Wildman–Crippen MR) is 113 cm³/mol. The Bertz CT molecular complexity index is 1100. The lowest BCUT2D eigenvalue weighted by Crippen LogP contribution is -2.46. The molecule has 1 amide bonds. The van der Waals surface area contributed by atoms with Gasteiger partial charge >= 0.3 is 12.1 Å². The van der Waals surface area contributed by atoms with E-state index in [2.05, 4.69) is 4.98 Å². The van der Waals surface area contributed by atoms with E-state index in [-0.39, 0.29) is 19.4 Å². The summed E-state index contributed by atoms with van der Waals surface area (Å²) in [6, 6.07) is 3.27. The van der Waals surface area contributed by atoms with Crippen molar-refractivity contribution in [3.05, 3.63) is 35.3 Å². The molecule has 1 aromatic heterocycles. The minimum Gasteiger partial charge on any atom is -0.483 e. The Balaban J connectivity index is 1.74. The van der Waals surface area contributed by atoms with Crippen molar-refractivity contribution in [2.45, 2.75) is 63.9 Å². The number of hydrogen-bond donors (Lipinski definition) is 1. The van der Waals surface area contributed by atoms with Crippen LogP contribution in [-0.2, 0) is 14.3 Å². The lowest BCUT2D eigenvalue weighted by atomic mass is 9.85. The number of carbonyl (C=O) groups is 2. The number of fused-ring (bicyclic) bond motifs is 3. The fourth-order valence-electron chi connectivity index (χ4n) is 4.57. The van der Waals surface area contributed by atoms with Crippen LogP contribution in [0.5, 0.6) is 5.75 Å². The van der Waals surface area contributed by atoms with Crippen LogP contribution in [-0.4, -0.2) is 58.0 Å². The van der Waals surface area contributed by atoms with Gasteiger partial charge in [0.2, 0.25) is 0 Å². The van der Waals surface area contributed by atoms with Crippen LogP contribution in [0.2, 0.25) is 0 Å². The van der Waals surface area contributed by atoms with Crippen molar-refractivity contribution in [1.29, 1.82) is 0 Å². The minimum atomic E-state index is -1.05. The van der Waals surface area contributed by atoms with Crippen LogP contribution in [0.25, 0.3) is 10.9 Å². The summed E-state index contributed by atoms with van der Waals surface area (Å²) in [4.78, 5) is 31.1. The molecule has 0 radical (unpaired) electrons. The van der Waals surface area contributed by atoms with Gasteiger partial charge in [0.25, 0.3) is 0 Å². The van der Waals surface area contributed by atoms with E-state index < -0.39 is 41.2 Å². The van der Waals surface area contributed by atoms with Crippen molar-refractivity contribution < 1.29 is 33.3 Å². The number of nitrogens with zero attached hydrogens (tertiary/aromatic N) is 2. The monoisotopic (exact) mass is 446 g/mol. The third-order valence-corrected chi connectivity index (χ3v) is 5.83. The first-order valence-electron chi connectivity index (χ1n) is 10.5. The molecule has 0 bridgehead atoms. The topological polar surface area (TPSA) is 98.2 Å². The van der Waals surface area contributed by atoms with Crippen LogP contribution in [0.3, 0.4) is 0 Å². The molecule has 4 rings (SSSR count). The molecule has 172 valence electrons. The van der Waals surface area contributed by atoms with Gasteiger partial charge in [-0.2, -0.15) is 0 Å². The molecule has 2 aromatic rings. The first-order chi connectivity index (χ1) is 14.9. The second-order valence-electron chi connectivity index (χ2n) is 9.46. The number of esters is 1. The van der Waals surface area contributed by atoms with Crippen LogP contribution in [0.4, 0.5) is 9.18 Å². The Hall–Kier alpha value is -2.94. The van der Waals surface area contributed by atoms with Crippen LogP contribution < -0.4 is 4.74 Å². The molecule has 2 aliphatic heterocycles. The van der Waals surface area contributed by atoms with Gasteiger partial charge < -0.3 is 19.3 Å². The van der Waals surface area contributed by atoms with Gasteiger partial charge in [0, 0.05) is 23.8 Å². The second-order valence-corrected chi connectivity index (χ2v) is 9.46. The molecular formula is C23H27FN2O6. The molecule has 1 N–H and O–H groups in total. The van der Waals surface area contributed by atoms with Crippen LogP contribution in [0.15, 0.2) is 18.2 Å². The fourth-order valence-corrected chi connectivity index (χ4v) is 4.57. The molecule has 32 heavy (non-hydrogen) atoms. The number of pyridine rings is 1. The van der Waals surface area contributed by atoms with Crippen molar-refractivity contribution in [2.75, 3.05) is 13.7 Å². The van der Waals surface area contributed by atoms with Crippen LogP contribution >= 0.6 is 0 Å². The van der Waals surface area contributed by atoms with E-state index >= 15 is 0 Å². The Morgan fingerprint density at radius 3 is 2.69 bits per heavy atom. The molecule has 1 saturated heterocycles. The highest BCUT2D eigenvalue weighted by Gasteiger charge is 2.55. The maximum Gasteiger partial charge on any atom is 0.411 e. The number of aromatic nitrogens is 1. The molecule has 8 nitrogen and oxygen atoms in total. The van der Waals surface area contributed by atoms with Gasteiger partial charge in [-0.15, -0.1) is 0 Å². The molecule has 0 saturated carbocycles. The standard InChI is InChI=1S/C23H27FN2O6/c1-12-19-18(14-8-13(24)6-7-15(14)25-12)17(27)10-23(31-19)9-16(20(28)30-5)26(11-23)21(29)32-22(2,3)4/h6-8,16-17,27H,9-11H2,1-5H3/t16-,17?,23-/m0/s1. The van der Waals surface area contributed by atoms with E-state index in [1.54, 1.807) is 33.8 Å². The molecule has 1 fully saturated rings. The molecule has 1 aromatic carbocycles. The lowest BCUT2D eigenvalue weighted by Gasteiger charge is -2.39. The average molecular weight is 446 g/mol. The number of hydrogen-bond acceptors (Lipinski definition) is 7. The number of aliphatic hydroxyl groups is 1. The van der Waals surface area contributed by atoms with E-state index in [1.807, 2.05) is 0 Å². The molecule has 1 unspecified atom stereocenters. The van der Waals surface area contributed by atoms with E-state index in [1.165, 1.54) is 24.1 Å². The summed E-state index contributed by atoms with van der Waals surface area (Å²) in [5.41, 5.74) is -0.257. The highest BCUT2D eigenvalue weighted by molar-refractivity contribution is 5.86. The maximum atomic E-state index is 13.9.